The lowest BCUT2D eigenvalue weighted by molar-refractivity contribution is -0.115. The van der Waals surface area contributed by atoms with E-state index in [1.807, 2.05) is 30.5 Å². The summed E-state index contributed by atoms with van der Waals surface area (Å²) in [6.07, 6.45) is 2.01. The number of hydrogen-bond acceptors (Lipinski definition) is 4. The molecule has 1 saturated heterocycles. The minimum Gasteiger partial charge on any atom is -0.367 e. The molecule has 2 heterocycles. The average molecular weight is 401 g/mol. The maximum atomic E-state index is 14.3. The van der Waals surface area contributed by atoms with Crippen LogP contribution in [0.3, 0.4) is 0 Å². The first-order chi connectivity index (χ1) is 13.4. The predicted octanol–water partition coefficient (Wildman–Crippen LogP) is 2.72. The number of hydrogen-bond donors (Lipinski definition) is 2. The number of fused-ring (bicyclic) bond motifs is 1. The van der Waals surface area contributed by atoms with E-state index in [0.717, 1.165) is 16.5 Å². The topological polar surface area (TPSA) is 82.3 Å². The van der Waals surface area contributed by atoms with Crippen molar-refractivity contribution in [1.29, 1.82) is 0 Å². The Morgan fingerprint density at radius 2 is 1.89 bits per heavy atom. The number of amides is 1. The second-order valence-electron chi connectivity index (χ2n) is 6.89. The van der Waals surface area contributed by atoms with Gasteiger partial charge >= 0.3 is 0 Å². The zero-order valence-electron chi connectivity index (χ0n) is 15.1. The Morgan fingerprint density at radius 3 is 2.68 bits per heavy atom. The average Bonchev–Trinajstić information content (AvgIpc) is 3.06. The van der Waals surface area contributed by atoms with Crippen LogP contribution in [0.2, 0.25) is 0 Å². The first kappa shape index (κ1) is 18.5. The van der Waals surface area contributed by atoms with Gasteiger partial charge < -0.3 is 15.2 Å². The molecule has 0 radical (unpaired) electrons. The molecule has 0 spiro atoms. The van der Waals surface area contributed by atoms with Crippen molar-refractivity contribution in [2.45, 2.75) is 6.42 Å². The zero-order chi connectivity index (χ0) is 19.7. The van der Waals surface area contributed by atoms with E-state index in [0.29, 0.717) is 11.4 Å². The highest BCUT2D eigenvalue weighted by Gasteiger charge is 2.24. The molecule has 2 aromatic carbocycles. The normalized spacial score (nSPS) is 16.2. The summed E-state index contributed by atoms with van der Waals surface area (Å²) in [4.78, 5) is 17.3. The lowest BCUT2D eigenvalue weighted by Crippen LogP contribution is -2.40. The maximum absolute atomic E-state index is 14.3. The van der Waals surface area contributed by atoms with E-state index in [9.17, 15) is 17.6 Å². The van der Waals surface area contributed by atoms with Crippen LogP contribution in [0.5, 0.6) is 0 Å². The smallest absolute Gasteiger partial charge is 0.228 e. The number of rotatable bonds is 4. The van der Waals surface area contributed by atoms with Crippen molar-refractivity contribution >= 4 is 38.0 Å². The molecule has 28 heavy (non-hydrogen) atoms. The van der Waals surface area contributed by atoms with Crippen LogP contribution in [0, 0.1) is 5.82 Å². The summed E-state index contributed by atoms with van der Waals surface area (Å²) in [6.45, 7) is 0.484. The first-order valence-corrected chi connectivity index (χ1v) is 10.8. The number of anilines is 2. The number of sulfone groups is 1. The van der Waals surface area contributed by atoms with Crippen LogP contribution in [0.15, 0.2) is 48.7 Å². The molecule has 1 fully saturated rings. The molecule has 1 aromatic heterocycles. The molecular weight excluding hydrogens is 381 g/mol. The molecule has 0 atom stereocenters. The minimum absolute atomic E-state index is 0.00356. The molecule has 0 bridgehead atoms. The SMILES string of the molecule is O=C(Cc1c[nH]c2ccccc12)Nc1ccc(F)c(N2CCS(=O)(=O)CC2)c1. The van der Waals surface area contributed by atoms with Crippen molar-refractivity contribution in [3.8, 4) is 0 Å². The molecule has 0 aliphatic carbocycles. The molecular formula is C20H20FN3O3S. The molecule has 0 saturated carbocycles. The van der Waals surface area contributed by atoms with Crippen LogP contribution < -0.4 is 10.2 Å². The van der Waals surface area contributed by atoms with Crippen LogP contribution >= 0.6 is 0 Å². The molecule has 0 unspecified atom stereocenters. The number of H-pyrrole nitrogens is 1. The van der Waals surface area contributed by atoms with E-state index in [1.54, 1.807) is 11.0 Å². The summed E-state index contributed by atoms with van der Waals surface area (Å²) in [5.41, 5.74) is 2.64. The number of carbonyl (C=O) groups is 1. The third-order valence-electron chi connectivity index (χ3n) is 4.94. The fraction of sp³-hybridized carbons (Fsp3) is 0.250. The van der Waals surface area contributed by atoms with Gasteiger partial charge in [-0.25, -0.2) is 12.8 Å². The standard InChI is InChI=1S/C20H20FN3O3S/c21-17-6-5-15(12-19(17)24-7-9-28(26,27)10-8-24)23-20(25)11-14-13-22-18-4-2-1-3-16(14)18/h1-6,12-13,22H,7-11H2,(H,23,25). The van der Waals surface area contributed by atoms with Gasteiger partial charge in [-0.3, -0.25) is 4.79 Å². The summed E-state index contributed by atoms with van der Waals surface area (Å²) in [5, 5.41) is 3.80. The summed E-state index contributed by atoms with van der Waals surface area (Å²) in [7, 11) is -3.05. The molecule has 1 aliphatic rings. The van der Waals surface area contributed by atoms with E-state index < -0.39 is 15.7 Å². The van der Waals surface area contributed by atoms with Gasteiger partial charge in [0.05, 0.1) is 23.6 Å². The van der Waals surface area contributed by atoms with Gasteiger partial charge in [0.1, 0.15) is 5.82 Å². The summed E-state index contributed by atoms with van der Waals surface area (Å²) >= 11 is 0. The Labute approximate surface area is 162 Å². The number of halogens is 1. The number of carbonyl (C=O) groups excluding carboxylic acids is 1. The van der Waals surface area contributed by atoms with Crippen molar-refractivity contribution < 1.29 is 17.6 Å². The molecule has 146 valence electrons. The highest BCUT2D eigenvalue weighted by Crippen LogP contribution is 2.26. The predicted molar refractivity (Wildman–Crippen MR) is 108 cm³/mol. The fourth-order valence-electron chi connectivity index (χ4n) is 3.44. The maximum Gasteiger partial charge on any atom is 0.228 e. The van der Waals surface area contributed by atoms with E-state index >= 15 is 0 Å². The van der Waals surface area contributed by atoms with Crippen LogP contribution in [0.1, 0.15) is 5.56 Å². The van der Waals surface area contributed by atoms with Crippen LogP contribution in [0.4, 0.5) is 15.8 Å². The molecule has 1 aliphatic heterocycles. The third kappa shape index (κ3) is 3.87. The van der Waals surface area contributed by atoms with Gasteiger partial charge in [-0.05, 0) is 29.8 Å². The second-order valence-corrected chi connectivity index (χ2v) is 9.19. The molecule has 6 nitrogen and oxygen atoms in total. The van der Waals surface area contributed by atoms with E-state index in [4.69, 9.17) is 0 Å². The zero-order valence-corrected chi connectivity index (χ0v) is 15.9. The Balaban J connectivity index is 1.48. The molecule has 4 rings (SSSR count). The number of benzene rings is 2. The third-order valence-corrected chi connectivity index (χ3v) is 6.55. The summed E-state index contributed by atoms with van der Waals surface area (Å²) in [6, 6.07) is 12.1. The Bertz CT molecular complexity index is 1130. The van der Waals surface area contributed by atoms with Crippen LogP contribution in [-0.4, -0.2) is 43.9 Å². The fourth-order valence-corrected chi connectivity index (χ4v) is 4.64. The monoisotopic (exact) mass is 401 g/mol. The van der Waals surface area contributed by atoms with Gasteiger partial charge in [-0.2, -0.15) is 0 Å². The molecule has 1 amide bonds. The van der Waals surface area contributed by atoms with Gasteiger partial charge in [-0.1, -0.05) is 18.2 Å². The van der Waals surface area contributed by atoms with Gasteiger partial charge in [0, 0.05) is 35.9 Å². The van der Waals surface area contributed by atoms with Crippen molar-refractivity contribution in [1.82, 2.24) is 4.98 Å². The van der Waals surface area contributed by atoms with Gasteiger partial charge in [-0.15, -0.1) is 0 Å². The lowest BCUT2D eigenvalue weighted by atomic mass is 10.1. The minimum atomic E-state index is -3.05. The van der Waals surface area contributed by atoms with Gasteiger partial charge in [0.15, 0.2) is 9.84 Å². The summed E-state index contributed by atoms with van der Waals surface area (Å²) < 4.78 is 37.4. The summed E-state index contributed by atoms with van der Waals surface area (Å²) in [5.74, 6) is -0.634. The van der Waals surface area contributed by atoms with Crippen molar-refractivity contribution in [2.24, 2.45) is 0 Å². The van der Waals surface area contributed by atoms with Crippen LogP contribution in [0.25, 0.3) is 10.9 Å². The van der Waals surface area contributed by atoms with Crippen LogP contribution in [-0.2, 0) is 21.1 Å². The van der Waals surface area contributed by atoms with Crippen molar-refractivity contribution in [2.75, 3.05) is 34.8 Å². The number of nitrogens with zero attached hydrogens (tertiary/aromatic N) is 1. The number of aromatic nitrogens is 1. The molecule has 2 N–H and O–H groups in total. The number of aromatic amines is 1. The Morgan fingerprint density at radius 1 is 1.14 bits per heavy atom. The van der Waals surface area contributed by atoms with Crippen molar-refractivity contribution in [3.63, 3.8) is 0 Å². The lowest BCUT2D eigenvalue weighted by Gasteiger charge is -2.29. The number of nitrogens with one attached hydrogen (secondary N) is 2. The van der Waals surface area contributed by atoms with E-state index in [1.165, 1.54) is 12.1 Å². The number of para-hydroxylation sites is 1. The van der Waals surface area contributed by atoms with E-state index in [2.05, 4.69) is 10.3 Å². The second kappa shape index (κ2) is 7.27. The van der Waals surface area contributed by atoms with Gasteiger partial charge in [0.2, 0.25) is 5.91 Å². The first-order valence-electron chi connectivity index (χ1n) is 9.01. The van der Waals surface area contributed by atoms with E-state index in [-0.39, 0.29) is 36.9 Å². The van der Waals surface area contributed by atoms with Gasteiger partial charge in [0.25, 0.3) is 0 Å². The quantitative estimate of drug-likeness (QED) is 0.704. The van der Waals surface area contributed by atoms with Crippen molar-refractivity contribution in [3.05, 3.63) is 60.0 Å². The highest BCUT2D eigenvalue weighted by molar-refractivity contribution is 7.91. The highest BCUT2D eigenvalue weighted by atomic mass is 32.2. The molecule has 8 heteroatoms. The largest absolute Gasteiger partial charge is 0.367 e. The Hall–Kier alpha value is -2.87. The Kier molecular flexibility index (Phi) is 4.80. The molecule has 3 aromatic rings.